The monoisotopic (exact) mass is 332 g/mol. The molecule has 0 spiro atoms. The molecule has 1 amide bonds. The van der Waals surface area contributed by atoms with E-state index < -0.39 is 6.09 Å². The van der Waals surface area contributed by atoms with Crippen molar-refractivity contribution in [3.05, 3.63) is 53.1 Å². The summed E-state index contributed by atoms with van der Waals surface area (Å²) in [5.41, 5.74) is 3.50. The van der Waals surface area contributed by atoms with Gasteiger partial charge in [-0.2, -0.15) is 10.2 Å². The minimum absolute atomic E-state index is 0.0166. The van der Waals surface area contributed by atoms with E-state index in [9.17, 15) is 9.90 Å². The summed E-state index contributed by atoms with van der Waals surface area (Å²) in [4.78, 5) is 10.9. The van der Waals surface area contributed by atoms with Gasteiger partial charge in [-0.3, -0.25) is 0 Å². The molecule has 0 saturated carbocycles. The third kappa shape index (κ3) is 4.79. The van der Waals surface area contributed by atoms with E-state index in [1.54, 1.807) is 36.4 Å². The number of nitrogens with zero attached hydrogens (tertiary/aromatic N) is 3. The first kappa shape index (κ1) is 16.4. The number of azo groups is 1. The predicted molar refractivity (Wildman–Crippen MR) is 86.9 cm³/mol. The van der Waals surface area contributed by atoms with Crippen LogP contribution in [0.5, 0.6) is 5.75 Å². The smallest absolute Gasteiger partial charge is 0.427 e. The lowest BCUT2D eigenvalue weighted by atomic mass is 10.2. The van der Waals surface area contributed by atoms with Crippen molar-refractivity contribution in [2.75, 3.05) is 7.11 Å². The molecule has 0 aliphatic carbocycles. The first-order valence-corrected chi connectivity index (χ1v) is 6.84. The molecule has 0 aliphatic heterocycles. The summed E-state index contributed by atoms with van der Waals surface area (Å²) in [6, 6.07) is 11.6. The summed E-state index contributed by atoms with van der Waals surface area (Å²) in [7, 11) is 1.22. The van der Waals surface area contributed by atoms with E-state index in [2.05, 4.69) is 25.5 Å². The SMILES string of the molecule is COC(=O)N/N=C/c1cc(N=Nc2ccccc2Cl)ccc1O. The number of aromatic hydroxyl groups is 1. The minimum Gasteiger partial charge on any atom is -0.507 e. The summed E-state index contributed by atoms with van der Waals surface area (Å²) in [5, 5.41) is 22.0. The molecule has 2 aromatic rings. The number of amides is 1. The molecule has 2 aromatic carbocycles. The predicted octanol–water partition coefficient (Wildman–Crippen LogP) is 4.15. The van der Waals surface area contributed by atoms with Gasteiger partial charge in [-0.05, 0) is 30.3 Å². The maximum atomic E-state index is 10.9. The van der Waals surface area contributed by atoms with Gasteiger partial charge in [-0.15, -0.1) is 5.11 Å². The van der Waals surface area contributed by atoms with Gasteiger partial charge < -0.3 is 9.84 Å². The van der Waals surface area contributed by atoms with Crippen LogP contribution in [-0.2, 0) is 4.74 Å². The molecule has 8 heteroatoms. The van der Waals surface area contributed by atoms with Crippen LogP contribution < -0.4 is 5.43 Å². The first-order chi connectivity index (χ1) is 11.1. The van der Waals surface area contributed by atoms with Gasteiger partial charge in [0.2, 0.25) is 0 Å². The fourth-order valence-electron chi connectivity index (χ4n) is 1.55. The van der Waals surface area contributed by atoms with Crippen LogP contribution in [-0.4, -0.2) is 24.5 Å². The first-order valence-electron chi connectivity index (χ1n) is 6.46. The number of halogens is 1. The van der Waals surface area contributed by atoms with Crippen LogP contribution in [0, 0.1) is 0 Å². The highest BCUT2D eigenvalue weighted by atomic mass is 35.5. The molecule has 0 saturated heterocycles. The Morgan fingerprint density at radius 3 is 2.78 bits per heavy atom. The lowest BCUT2D eigenvalue weighted by Crippen LogP contribution is -2.16. The summed E-state index contributed by atoms with van der Waals surface area (Å²) in [6.45, 7) is 0. The van der Waals surface area contributed by atoms with Crippen LogP contribution in [0.4, 0.5) is 16.2 Å². The van der Waals surface area contributed by atoms with E-state index in [0.29, 0.717) is 22.0 Å². The van der Waals surface area contributed by atoms with Gasteiger partial charge >= 0.3 is 6.09 Å². The van der Waals surface area contributed by atoms with E-state index in [0.717, 1.165) is 0 Å². The average molecular weight is 333 g/mol. The quantitative estimate of drug-likeness (QED) is 0.500. The highest BCUT2D eigenvalue weighted by Crippen LogP contribution is 2.27. The Morgan fingerprint density at radius 2 is 2.04 bits per heavy atom. The standard InChI is InChI=1S/C15H13ClN4O3/c1-23-15(22)20-17-9-10-8-11(6-7-14(10)21)18-19-13-5-3-2-4-12(13)16/h2-9,21H,1H3,(H,20,22)/b17-9+,19-18?. The zero-order valence-corrected chi connectivity index (χ0v) is 12.9. The number of methoxy groups -OCH3 is 1. The molecule has 118 valence electrons. The summed E-state index contributed by atoms with van der Waals surface area (Å²) in [6.07, 6.45) is 0.552. The Bertz CT molecular complexity index is 762. The molecule has 0 aliphatic rings. The van der Waals surface area contributed by atoms with Gasteiger partial charge in [0, 0.05) is 5.56 Å². The van der Waals surface area contributed by atoms with Crippen LogP contribution in [0.1, 0.15) is 5.56 Å². The van der Waals surface area contributed by atoms with Crippen LogP contribution in [0.25, 0.3) is 0 Å². The van der Waals surface area contributed by atoms with Crippen molar-refractivity contribution in [3.8, 4) is 5.75 Å². The van der Waals surface area contributed by atoms with Gasteiger partial charge in [-0.25, -0.2) is 10.2 Å². The van der Waals surface area contributed by atoms with Crippen molar-refractivity contribution in [2.45, 2.75) is 0 Å². The molecule has 0 heterocycles. The maximum absolute atomic E-state index is 10.9. The second kappa shape index (κ2) is 7.90. The molecule has 2 N–H and O–H groups in total. The Morgan fingerprint density at radius 1 is 1.26 bits per heavy atom. The molecule has 0 radical (unpaired) electrons. The van der Waals surface area contributed by atoms with Crippen molar-refractivity contribution in [3.63, 3.8) is 0 Å². The molecular weight excluding hydrogens is 320 g/mol. The second-order valence-electron chi connectivity index (χ2n) is 4.26. The Hall–Kier alpha value is -2.93. The number of ether oxygens (including phenoxy) is 1. The number of phenols is 1. The van der Waals surface area contributed by atoms with Crippen LogP contribution >= 0.6 is 11.6 Å². The normalized spacial score (nSPS) is 11.0. The largest absolute Gasteiger partial charge is 0.507 e. The van der Waals surface area contributed by atoms with Gasteiger partial charge in [0.15, 0.2) is 0 Å². The number of carbonyl (C=O) groups is 1. The van der Waals surface area contributed by atoms with Gasteiger partial charge in [0.05, 0.1) is 24.0 Å². The number of rotatable bonds is 4. The number of benzene rings is 2. The van der Waals surface area contributed by atoms with Crippen molar-refractivity contribution < 1.29 is 14.6 Å². The molecule has 0 bridgehead atoms. The zero-order chi connectivity index (χ0) is 16.7. The molecule has 7 nitrogen and oxygen atoms in total. The summed E-state index contributed by atoms with van der Waals surface area (Å²) < 4.78 is 4.37. The fourth-order valence-corrected chi connectivity index (χ4v) is 1.73. The molecular formula is C15H13ClN4O3. The molecule has 0 atom stereocenters. The minimum atomic E-state index is -0.713. The molecule has 0 fully saturated rings. The number of hydrogen-bond acceptors (Lipinski definition) is 6. The maximum Gasteiger partial charge on any atom is 0.427 e. The van der Waals surface area contributed by atoms with Crippen LogP contribution in [0.15, 0.2) is 57.8 Å². The molecule has 2 rings (SSSR count). The number of nitrogens with one attached hydrogen (secondary N) is 1. The summed E-state index contributed by atoms with van der Waals surface area (Å²) in [5.74, 6) is -0.0166. The lowest BCUT2D eigenvalue weighted by Gasteiger charge is -2.01. The molecule has 0 aromatic heterocycles. The summed E-state index contributed by atoms with van der Waals surface area (Å²) >= 11 is 5.99. The van der Waals surface area contributed by atoms with Gasteiger partial charge in [0.1, 0.15) is 11.4 Å². The van der Waals surface area contributed by atoms with Crippen LogP contribution in [0.2, 0.25) is 5.02 Å². The van der Waals surface area contributed by atoms with Crippen molar-refractivity contribution in [2.24, 2.45) is 15.3 Å². The van der Waals surface area contributed by atoms with Crippen molar-refractivity contribution in [1.29, 1.82) is 0 Å². The second-order valence-corrected chi connectivity index (χ2v) is 4.66. The average Bonchev–Trinajstić information content (AvgIpc) is 2.56. The van der Waals surface area contributed by atoms with Gasteiger partial charge in [0.25, 0.3) is 0 Å². The lowest BCUT2D eigenvalue weighted by molar-refractivity contribution is 0.171. The Kier molecular flexibility index (Phi) is 5.65. The zero-order valence-electron chi connectivity index (χ0n) is 12.1. The van der Waals surface area contributed by atoms with E-state index in [-0.39, 0.29) is 5.75 Å². The fraction of sp³-hybridized carbons (Fsp3) is 0.0667. The number of carbonyl (C=O) groups excluding carboxylic acids is 1. The van der Waals surface area contributed by atoms with Gasteiger partial charge in [-0.1, -0.05) is 23.7 Å². The van der Waals surface area contributed by atoms with E-state index in [1.807, 2.05) is 0 Å². The third-order valence-electron chi connectivity index (χ3n) is 2.68. The van der Waals surface area contributed by atoms with Crippen molar-refractivity contribution in [1.82, 2.24) is 5.43 Å². The number of hydrazone groups is 1. The third-order valence-corrected chi connectivity index (χ3v) is 3.00. The van der Waals surface area contributed by atoms with E-state index in [1.165, 1.54) is 19.4 Å². The Labute approximate surface area is 137 Å². The van der Waals surface area contributed by atoms with Crippen molar-refractivity contribution >= 4 is 35.3 Å². The van der Waals surface area contributed by atoms with E-state index in [4.69, 9.17) is 11.6 Å². The Balaban J connectivity index is 2.17. The topological polar surface area (TPSA) is 95.6 Å². The number of phenolic OH excluding ortho intramolecular Hbond substituents is 1. The van der Waals surface area contributed by atoms with E-state index >= 15 is 0 Å². The highest BCUT2D eigenvalue weighted by molar-refractivity contribution is 6.32. The number of hydrogen-bond donors (Lipinski definition) is 2. The highest BCUT2D eigenvalue weighted by Gasteiger charge is 2.02. The molecule has 23 heavy (non-hydrogen) atoms. The molecule has 0 unspecified atom stereocenters. The van der Waals surface area contributed by atoms with Crippen LogP contribution in [0.3, 0.4) is 0 Å².